The number of pyridine rings is 1. The average molecular weight is 427 g/mol. The molecule has 0 radical (unpaired) electrons. The van der Waals surface area contributed by atoms with Gasteiger partial charge in [-0.1, -0.05) is 32.8 Å². The number of morpholine rings is 1. The van der Waals surface area contributed by atoms with Gasteiger partial charge in [0.15, 0.2) is 0 Å². The summed E-state index contributed by atoms with van der Waals surface area (Å²) in [7, 11) is 2.06. The number of hydrogen-bond acceptors (Lipinski definition) is 6. The van der Waals surface area contributed by atoms with E-state index in [1.54, 1.807) is 0 Å². The smallest absolute Gasteiger partial charge is 0.131 e. The van der Waals surface area contributed by atoms with Crippen LogP contribution in [-0.2, 0) is 24.9 Å². The van der Waals surface area contributed by atoms with Crippen molar-refractivity contribution in [1.82, 2.24) is 20.1 Å². The first-order valence-corrected chi connectivity index (χ1v) is 11.9. The second-order valence-electron chi connectivity index (χ2n) is 9.09. The quantitative estimate of drug-likeness (QED) is 0.732. The van der Waals surface area contributed by atoms with Crippen molar-refractivity contribution >= 4 is 11.6 Å². The fraction of sp³-hybridized carbons (Fsp3) is 0.667. The molecule has 0 amide bonds. The molecule has 0 unspecified atom stereocenters. The zero-order chi connectivity index (χ0) is 21.6. The van der Waals surface area contributed by atoms with Crippen LogP contribution in [0.5, 0.6) is 0 Å². The first kappa shape index (κ1) is 22.1. The highest BCUT2D eigenvalue weighted by atomic mass is 16.5. The molecule has 2 aliphatic rings. The monoisotopic (exact) mass is 426 g/mol. The number of ether oxygens (including phenoxy) is 1. The molecule has 7 heteroatoms. The van der Waals surface area contributed by atoms with Crippen LogP contribution in [0.25, 0.3) is 0 Å². The standard InChI is InChI=1S/C24H38N6O/c1-19(2)23-21(24(28(3)27-23)30-12-14-31-15-13-30)18-25-16-20-8-9-22(26-17-20)29-10-6-4-5-7-11-29/h8-9,17,19,25H,4-7,10-16,18H2,1-3H3. The van der Waals surface area contributed by atoms with Gasteiger partial charge in [-0.25, -0.2) is 4.98 Å². The summed E-state index contributed by atoms with van der Waals surface area (Å²) >= 11 is 0. The molecular weight excluding hydrogens is 388 g/mol. The molecule has 0 aliphatic carbocycles. The highest BCUT2D eigenvalue weighted by Gasteiger charge is 2.24. The molecule has 1 N–H and O–H groups in total. The maximum Gasteiger partial charge on any atom is 0.131 e. The van der Waals surface area contributed by atoms with E-state index in [0.717, 1.165) is 58.3 Å². The molecule has 0 bridgehead atoms. The highest BCUT2D eigenvalue weighted by molar-refractivity contribution is 5.51. The predicted octanol–water partition coefficient (Wildman–Crippen LogP) is 3.45. The lowest BCUT2D eigenvalue weighted by atomic mass is 10.0. The zero-order valence-corrected chi connectivity index (χ0v) is 19.4. The van der Waals surface area contributed by atoms with E-state index in [-0.39, 0.29) is 0 Å². The summed E-state index contributed by atoms with van der Waals surface area (Å²) < 4.78 is 7.61. The molecule has 4 heterocycles. The van der Waals surface area contributed by atoms with Crippen molar-refractivity contribution in [3.63, 3.8) is 0 Å². The largest absolute Gasteiger partial charge is 0.378 e. The third-order valence-corrected chi connectivity index (χ3v) is 6.37. The summed E-state index contributed by atoms with van der Waals surface area (Å²) in [4.78, 5) is 9.61. The van der Waals surface area contributed by atoms with Gasteiger partial charge >= 0.3 is 0 Å². The van der Waals surface area contributed by atoms with Crippen molar-refractivity contribution in [3.8, 4) is 0 Å². The third-order valence-electron chi connectivity index (χ3n) is 6.37. The first-order valence-electron chi connectivity index (χ1n) is 11.9. The Labute approximate surface area is 186 Å². The summed E-state index contributed by atoms with van der Waals surface area (Å²) in [6.45, 7) is 11.7. The molecule has 0 spiro atoms. The van der Waals surface area contributed by atoms with Crippen LogP contribution in [0, 0.1) is 0 Å². The van der Waals surface area contributed by atoms with Gasteiger partial charge in [-0.3, -0.25) is 4.68 Å². The van der Waals surface area contributed by atoms with Gasteiger partial charge in [0.05, 0.1) is 18.9 Å². The number of rotatable bonds is 7. The topological polar surface area (TPSA) is 58.5 Å². The maximum atomic E-state index is 5.56. The number of nitrogens with one attached hydrogen (secondary N) is 1. The van der Waals surface area contributed by atoms with Crippen molar-refractivity contribution in [1.29, 1.82) is 0 Å². The van der Waals surface area contributed by atoms with Crippen LogP contribution < -0.4 is 15.1 Å². The minimum atomic E-state index is 0.396. The molecule has 0 aromatic carbocycles. The number of aromatic nitrogens is 3. The fourth-order valence-corrected chi connectivity index (χ4v) is 4.72. The van der Waals surface area contributed by atoms with Crippen molar-refractivity contribution < 1.29 is 4.74 Å². The molecule has 2 fully saturated rings. The summed E-state index contributed by atoms with van der Waals surface area (Å²) in [6, 6.07) is 4.40. The van der Waals surface area contributed by atoms with Crippen molar-refractivity contribution in [2.24, 2.45) is 7.05 Å². The normalized spacial score (nSPS) is 17.9. The molecule has 4 rings (SSSR count). The molecule has 2 saturated heterocycles. The molecule has 170 valence electrons. The Morgan fingerprint density at radius 1 is 0.968 bits per heavy atom. The van der Waals surface area contributed by atoms with E-state index >= 15 is 0 Å². The van der Waals surface area contributed by atoms with E-state index in [1.165, 1.54) is 48.3 Å². The van der Waals surface area contributed by atoms with Crippen molar-refractivity contribution in [2.45, 2.75) is 58.5 Å². The van der Waals surface area contributed by atoms with E-state index < -0.39 is 0 Å². The zero-order valence-electron chi connectivity index (χ0n) is 19.4. The Balaban J connectivity index is 1.40. The lowest BCUT2D eigenvalue weighted by molar-refractivity contribution is 0.122. The summed E-state index contributed by atoms with van der Waals surface area (Å²) in [5.41, 5.74) is 3.72. The second-order valence-corrected chi connectivity index (χ2v) is 9.09. The number of nitrogens with zero attached hydrogens (tertiary/aromatic N) is 5. The Morgan fingerprint density at radius 3 is 2.35 bits per heavy atom. The van der Waals surface area contributed by atoms with Gasteiger partial charge in [-0.2, -0.15) is 5.10 Å². The van der Waals surface area contributed by atoms with Crippen LogP contribution in [-0.4, -0.2) is 54.2 Å². The fourth-order valence-electron chi connectivity index (χ4n) is 4.72. The molecule has 2 aromatic rings. The summed E-state index contributed by atoms with van der Waals surface area (Å²) in [5.74, 6) is 2.75. The van der Waals surface area contributed by atoms with Crippen LogP contribution in [0.3, 0.4) is 0 Å². The highest BCUT2D eigenvalue weighted by Crippen LogP contribution is 2.29. The Bertz CT molecular complexity index is 817. The van der Waals surface area contributed by atoms with Crippen LogP contribution in [0.15, 0.2) is 18.3 Å². The van der Waals surface area contributed by atoms with Crippen LogP contribution >= 0.6 is 0 Å². The Kier molecular flexibility index (Phi) is 7.45. The molecular formula is C24H38N6O. The Morgan fingerprint density at radius 2 is 1.71 bits per heavy atom. The van der Waals surface area contributed by atoms with Crippen molar-refractivity contribution in [2.75, 3.05) is 49.2 Å². The average Bonchev–Trinajstić information content (AvgIpc) is 2.94. The van der Waals surface area contributed by atoms with Crippen molar-refractivity contribution in [3.05, 3.63) is 35.2 Å². The lowest BCUT2D eigenvalue weighted by Crippen LogP contribution is -2.38. The van der Waals surface area contributed by atoms with Gasteiger partial charge < -0.3 is 19.9 Å². The molecule has 7 nitrogen and oxygen atoms in total. The minimum absolute atomic E-state index is 0.396. The van der Waals surface area contributed by atoms with Gasteiger partial charge in [0, 0.05) is 58.1 Å². The van der Waals surface area contributed by atoms with Gasteiger partial charge in [0.25, 0.3) is 0 Å². The van der Waals surface area contributed by atoms with Crippen LogP contribution in [0.2, 0.25) is 0 Å². The van der Waals surface area contributed by atoms with E-state index in [4.69, 9.17) is 14.8 Å². The van der Waals surface area contributed by atoms with Crippen LogP contribution in [0.4, 0.5) is 11.6 Å². The molecule has 0 saturated carbocycles. The van der Waals surface area contributed by atoms with Gasteiger partial charge in [-0.05, 0) is 30.4 Å². The van der Waals surface area contributed by atoms with Gasteiger partial charge in [-0.15, -0.1) is 0 Å². The molecule has 0 atom stereocenters. The van der Waals surface area contributed by atoms with E-state index in [2.05, 4.69) is 52.8 Å². The number of aryl methyl sites for hydroxylation is 1. The molecule has 2 aromatic heterocycles. The first-order chi connectivity index (χ1) is 15.1. The SMILES string of the molecule is CC(C)c1nn(C)c(N2CCOCC2)c1CNCc1ccc(N2CCCCCC2)nc1. The third kappa shape index (κ3) is 5.39. The maximum absolute atomic E-state index is 5.56. The van der Waals surface area contributed by atoms with E-state index in [9.17, 15) is 0 Å². The van der Waals surface area contributed by atoms with Gasteiger partial charge in [0.1, 0.15) is 11.6 Å². The number of hydrogen-bond donors (Lipinski definition) is 1. The number of anilines is 2. The second kappa shape index (κ2) is 10.5. The van der Waals surface area contributed by atoms with E-state index in [1.807, 2.05) is 6.20 Å². The van der Waals surface area contributed by atoms with Crippen LogP contribution in [0.1, 0.15) is 62.3 Å². The minimum Gasteiger partial charge on any atom is -0.378 e. The van der Waals surface area contributed by atoms with Gasteiger partial charge in [0.2, 0.25) is 0 Å². The molecule has 2 aliphatic heterocycles. The lowest BCUT2D eigenvalue weighted by Gasteiger charge is -2.29. The predicted molar refractivity (Wildman–Crippen MR) is 126 cm³/mol. The van der Waals surface area contributed by atoms with E-state index in [0.29, 0.717) is 5.92 Å². The Hall–Kier alpha value is -2.12. The molecule has 31 heavy (non-hydrogen) atoms. The summed E-state index contributed by atoms with van der Waals surface area (Å²) in [5, 5.41) is 8.51. The summed E-state index contributed by atoms with van der Waals surface area (Å²) in [6.07, 6.45) is 7.28.